The summed E-state index contributed by atoms with van der Waals surface area (Å²) in [5, 5.41) is 11.8. The number of carbonyl (C=O) groups excluding carboxylic acids is 1. The third-order valence-corrected chi connectivity index (χ3v) is 3.85. The van der Waals surface area contributed by atoms with Crippen LogP contribution in [0.2, 0.25) is 0 Å². The number of likely N-dealkylation sites (tertiary alicyclic amines) is 1. The summed E-state index contributed by atoms with van der Waals surface area (Å²) in [6.07, 6.45) is 3.21. The van der Waals surface area contributed by atoms with Crippen molar-refractivity contribution in [3.05, 3.63) is 24.3 Å². The van der Waals surface area contributed by atoms with Crippen LogP contribution in [0.1, 0.15) is 12.8 Å². The molecule has 6 heteroatoms. The molecule has 1 saturated heterocycles. The zero-order valence-corrected chi connectivity index (χ0v) is 11.4. The van der Waals surface area contributed by atoms with E-state index in [9.17, 15) is 9.59 Å². The maximum Gasteiger partial charge on any atom is 0.326 e. The molecule has 5 nitrogen and oxygen atoms in total. The quantitative estimate of drug-likeness (QED) is 0.835. The lowest BCUT2D eigenvalue weighted by Gasteiger charge is -2.21. The van der Waals surface area contributed by atoms with Gasteiger partial charge >= 0.3 is 12.0 Å². The molecule has 0 aromatic heterocycles. The molecule has 1 atom stereocenters. The van der Waals surface area contributed by atoms with Crippen molar-refractivity contribution in [1.29, 1.82) is 0 Å². The fourth-order valence-electron chi connectivity index (χ4n) is 2.16. The molecular weight excluding hydrogens is 264 g/mol. The molecule has 1 heterocycles. The van der Waals surface area contributed by atoms with Crippen molar-refractivity contribution in [2.24, 2.45) is 0 Å². The fraction of sp³-hybridized carbons (Fsp3) is 0.385. The number of aliphatic carboxylic acids is 1. The molecule has 1 unspecified atom stereocenters. The number of thioether (sulfide) groups is 1. The monoisotopic (exact) mass is 280 g/mol. The highest BCUT2D eigenvalue weighted by Gasteiger charge is 2.33. The number of hydrogen-bond acceptors (Lipinski definition) is 3. The zero-order valence-electron chi connectivity index (χ0n) is 10.6. The van der Waals surface area contributed by atoms with E-state index >= 15 is 0 Å². The van der Waals surface area contributed by atoms with Crippen molar-refractivity contribution in [2.45, 2.75) is 23.8 Å². The number of hydrogen-bond donors (Lipinski definition) is 2. The Morgan fingerprint density at radius 2 is 2.26 bits per heavy atom. The van der Waals surface area contributed by atoms with Crippen molar-refractivity contribution in [1.82, 2.24) is 4.90 Å². The van der Waals surface area contributed by atoms with Crippen LogP contribution in [0.4, 0.5) is 10.5 Å². The van der Waals surface area contributed by atoms with Gasteiger partial charge in [-0.05, 0) is 37.3 Å². The predicted octanol–water partition coefficient (Wildman–Crippen LogP) is 2.49. The molecule has 0 saturated carbocycles. The fourth-order valence-corrected chi connectivity index (χ4v) is 2.62. The summed E-state index contributed by atoms with van der Waals surface area (Å²) in [6, 6.07) is 6.43. The first-order chi connectivity index (χ1) is 9.11. The summed E-state index contributed by atoms with van der Waals surface area (Å²) in [5.41, 5.74) is 0.688. The molecule has 2 N–H and O–H groups in total. The van der Waals surface area contributed by atoms with E-state index in [0.29, 0.717) is 18.7 Å². The molecule has 2 rings (SSSR count). The van der Waals surface area contributed by atoms with Gasteiger partial charge in [-0.3, -0.25) is 0 Å². The summed E-state index contributed by atoms with van der Waals surface area (Å²) in [6.45, 7) is 0.491. The molecular formula is C13H16N2O3S. The minimum absolute atomic E-state index is 0.344. The smallest absolute Gasteiger partial charge is 0.326 e. The summed E-state index contributed by atoms with van der Waals surface area (Å²) in [7, 11) is 0. The number of nitrogens with zero attached hydrogens (tertiary/aromatic N) is 1. The van der Waals surface area contributed by atoms with Gasteiger partial charge in [-0.25, -0.2) is 9.59 Å². The molecule has 1 aliphatic rings. The van der Waals surface area contributed by atoms with Crippen LogP contribution in [0, 0.1) is 0 Å². The van der Waals surface area contributed by atoms with Crippen LogP contribution in [0.3, 0.4) is 0 Å². The molecule has 2 amide bonds. The van der Waals surface area contributed by atoms with E-state index in [1.165, 1.54) is 4.90 Å². The van der Waals surface area contributed by atoms with Crippen LogP contribution in [0.25, 0.3) is 0 Å². The number of carboxylic acid groups (broad SMARTS) is 1. The van der Waals surface area contributed by atoms with E-state index in [4.69, 9.17) is 5.11 Å². The van der Waals surface area contributed by atoms with Crippen LogP contribution in [0.5, 0.6) is 0 Å². The number of nitrogens with one attached hydrogen (secondary N) is 1. The van der Waals surface area contributed by atoms with E-state index in [2.05, 4.69) is 5.32 Å². The molecule has 19 heavy (non-hydrogen) atoms. The minimum atomic E-state index is -0.939. The summed E-state index contributed by atoms with van der Waals surface area (Å²) in [4.78, 5) is 25.6. The molecule has 0 spiro atoms. The Morgan fingerprint density at radius 1 is 1.47 bits per heavy atom. The van der Waals surface area contributed by atoms with Gasteiger partial charge in [0.2, 0.25) is 0 Å². The summed E-state index contributed by atoms with van der Waals surface area (Å²) < 4.78 is 0. The van der Waals surface area contributed by atoms with E-state index in [0.717, 1.165) is 11.3 Å². The van der Waals surface area contributed by atoms with Gasteiger partial charge < -0.3 is 15.3 Å². The van der Waals surface area contributed by atoms with Crippen molar-refractivity contribution < 1.29 is 14.7 Å². The van der Waals surface area contributed by atoms with E-state index in [-0.39, 0.29) is 6.03 Å². The average molecular weight is 280 g/mol. The second-order valence-corrected chi connectivity index (χ2v) is 5.23. The predicted molar refractivity (Wildman–Crippen MR) is 74.6 cm³/mol. The normalized spacial score (nSPS) is 18.4. The van der Waals surface area contributed by atoms with Crippen LogP contribution in [-0.2, 0) is 4.79 Å². The SMILES string of the molecule is CSc1cccc(NC(=O)N2CCCC2C(=O)O)c1. The van der Waals surface area contributed by atoms with Gasteiger partial charge in [0.1, 0.15) is 6.04 Å². The number of benzene rings is 1. The van der Waals surface area contributed by atoms with Crippen LogP contribution in [-0.4, -0.2) is 40.8 Å². The van der Waals surface area contributed by atoms with E-state index in [1.54, 1.807) is 17.8 Å². The molecule has 1 aliphatic heterocycles. The standard InChI is InChI=1S/C13H16N2O3S/c1-19-10-5-2-4-9(8-10)14-13(18)15-7-3-6-11(15)12(16)17/h2,4-5,8,11H,3,6-7H2,1H3,(H,14,18)(H,16,17). The van der Waals surface area contributed by atoms with Crippen LogP contribution in [0.15, 0.2) is 29.2 Å². The highest BCUT2D eigenvalue weighted by Crippen LogP contribution is 2.22. The Morgan fingerprint density at radius 3 is 2.95 bits per heavy atom. The van der Waals surface area contributed by atoms with Crippen molar-refractivity contribution in [2.75, 3.05) is 18.1 Å². The molecule has 102 valence electrons. The number of carbonyl (C=O) groups is 2. The lowest BCUT2D eigenvalue weighted by molar-refractivity contribution is -0.141. The first kappa shape index (κ1) is 13.7. The number of amides is 2. The third kappa shape index (κ3) is 3.20. The second-order valence-electron chi connectivity index (χ2n) is 4.35. The van der Waals surface area contributed by atoms with Gasteiger partial charge in [0, 0.05) is 17.1 Å². The van der Waals surface area contributed by atoms with Crippen LogP contribution < -0.4 is 5.32 Å². The largest absolute Gasteiger partial charge is 0.480 e. The number of urea groups is 1. The van der Waals surface area contributed by atoms with Crippen molar-refractivity contribution in [3.63, 3.8) is 0 Å². The van der Waals surface area contributed by atoms with Crippen molar-refractivity contribution >= 4 is 29.4 Å². The van der Waals surface area contributed by atoms with Gasteiger partial charge in [-0.15, -0.1) is 11.8 Å². The molecule has 1 fully saturated rings. The Bertz CT molecular complexity index is 493. The maximum absolute atomic E-state index is 12.1. The molecule has 0 radical (unpaired) electrons. The molecule has 1 aromatic carbocycles. The number of carboxylic acids is 1. The topological polar surface area (TPSA) is 69.6 Å². The Kier molecular flexibility index (Phi) is 4.31. The minimum Gasteiger partial charge on any atom is -0.480 e. The highest BCUT2D eigenvalue weighted by molar-refractivity contribution is 7.98. The molecule has 0 bridgehead atoms. The number of anilines is 1. The number of rotatable bonds is 3. The second kappa shape index (κ2) is 5.97. The highest BCUT2D eigenvalue weighted by atomic mass is 32.2. The maximum atomic E-state index is 12.1. The average Bonchev–Trinajstić information content (AvgIpc) is 2.88. The first-order valence-electron chi connectivity index (χ1n) is 6.06. The van der Waals surface area contributed by atoms with Gasteiger partial charge in [-0.2, -0.15) is 0 Å². The Labute approximate surface area is 116 Å². The molecule has 0 aliphatic carbocycles. The first-order valence-corrected chi connectivity index (χ1v) is 7.29. The third-order valence-electron chi connectivity index (χ3n) is 3.12. The van der Waals surface area contributed by atoms with Gasteiger partial charge in [0.15, 0.2) is 0 Å². The summed E-state index contributed by atoms with van der Waals surface area (Å²) in [5.74, 6) is -0.939. The van der Waals surface area contributed by atoms with Crippen molar-refractivity contribution in [3.8, 4) is 0 Å². The molecule has 1 aromatic rings. The lowest BCUT2D eigenvalue weighted by atomic mass is 10.2. The lowest BCUT2D eigenvalue weighted by Crippen LogP contribution is -2.42. The van der Waals surface area contributed by atoms with E-state index < -0.39 is 12.0 Å². The summed E-state index contributed by atoms with van der Waals surface area (Å²) >= 11 is 1.59. The Balaban J connectivity index is 2.06. The van der Waals surface area contributed by atoms with Crippen LogP contribution >= 0.6 is 11.8 Å². The zero-order chi connectivity index (χ0) is 13.8. The van der Waals surface area contributed by atoms with E-state index in [1.807, 2.05) is 24.5 Å². The van der Waals surface area contributed by atoms with Gasteiger partial charge in [0.25, 0.3) is 0 Å². The van der Waals surface area contributed by atoms with Gasteiger partial charge in [-0.1, -0.05) is 6.07 Å². The Hall–Kier alpha value is -1.69. The van der Waals surface area contributed by atoms with Gasteiger partial charge in [0.05, 0.1) is 0 Å².